The monoisotopic (exact) mass is 401 g/mol. The third-order valence-electron chi connectivity index (χ3n) is 5.33. The molecule has 0 spiro atoms. The molecule has 8 heteroatoms. The van der Waals surface area contributed by atoms with E-state index in [0.29, 0.717) is 0 Å². The van der Waals surface area contributed by atoms with Gasteiger partial charge < -0.3 is 25.4 Å². The Bertz CT molecular complexity index is 977. The third-order valence-corrected chi connectivity index (χ3v) is 5.33. The van der Waals surface area contributed by atoms with Crippen LogP contribution in [0.25, 0.3) is 0 Å². The summed E-state index contributed by atoms with van der Waals surface area (Å²) in [5.74, 6) is -0.641. The van der Waals surface area contributed by atoms with E-state index >= 15 is 0 Å². The van der Waals surface area contributed by atoms with E-state index < -0.39 is 10.9 Å². The largest absolute Gasteiger partial charge is 0.505 e. The zero-order valence-electron chi connectivity index (χ0n) is 17.1. The normalized spacial score (nSPS) is 19.9. The van der Waals surface area contributed by atoms with Crippen molar-refractivity contribution >= 4 is 23.0 Å². The van der Waals surface area contributed by atoms with E-state index in [4.69, 9.17) is 4.74 Å². The highest BCUT2D eigenvalue weighted by molar-refractivity contribution is 5.99. The highest BCUT2D eigenvalue weighted by atomic mass is 16.5. The molecular formula is C21H27N3O5. The van der Waals surface area contributed by atoms with Gasteiger partial charge in [0.25, 0.3) is 16.8 Å². The molecule has 1 fully saturated rings. The summed E-state index contributed by atoms with van der Waals surface area (Å²) in [5.41, 5.74) is -0.693. The number of ether oxygens (including phenoxy) is 1. The third kappa shape index (κ3) is 3.98. The van der Waals surface area contributed by atoms with Crippen molar-refractivity contribution < 1.29 is 14.6 Å². The van der Waals surface area contributed by atoms with E-state index in [1.165, 1.54) is 11.0 Å². The number of nitrogens with zero attached hydrogens (tertiary/aromatic N) is 1. The minimum absolute atomic E-state index is 0.0262. The highest BCUT2D eigenvalue weighted by Gasteiger charge is 2.32. The fourth-order valence-corrected chi connectivity index (χ4v) is 3.61. The SMILES string of the molecule is CCC(Nc1c(Nc2cccc(C(=O)N(C)C)c2O)c(=O)c1=O)C1CCC(C)O1. The number of carbonyl (C=O) groups is 1. The molecule has 0 aliphatic carbocycles. The van der Waals surface area contributed by atoms with Gasteiger partial charge in [-0.2, -0.15) is 0 Å². The molecule has 1 amide bonds. The first-order valence-electron chi connectivity index (χ1n) is 9.80. The lowest BCUT2D eigenvalue weighted by atomic mass is 10.0. The number of nitrogens with one attached hydrogen (secondary N) is 2. The van der Waals surface area contributed by atoms with Crippen molar-refractivity contribution in [2.45, 2.75) is 51.4 Å². The predicted octanol–water partition coefficient (Wildman–Crippen LogP) is 2.19. The van der Waals surface area contributed by atoms with Crippen molar-refractivity contribution in [3.05, 3.63) is 44.2 Å². The van der Waals surface area contributed by atoms with Crippen LogP contribution in [0.15, 0.2) is 27.8 Å². The van der Waals surface area contributed by atoms with Gasteiger partial charge in [0.1, 0.15) is 11.4 Å². The van der Waals surface area contributed by atoms with Crippen molar-refractivity contribution in [2.75, 3.05) is 24.7 Å². The molecule has 3 rings (SSSR count). The number of hydrogen-bond donors (Lipinski definition) is 3. The van der Waals surface area contributed by atoms with Gasteiger partial charge in [0, 0.05) is 14.1 Å². The number of para-hydroxylation sites is 1. The molecule has 0 radical (unpaired) electrons. The van der Waals surface area contributed by atoms with E-state index in [0.717, 1.165) is 19.3 Å². The van der Waals surface area contributed by atoms with Gasteiger partial charge in [0.05, 0.1) is 29.5 Å². The van der Waals surface area contributed by atoms with E-state index in [2.05, 4.69) is 10.6 Å². The van der Waals surface area contributed by atoms with Gasteiger partial charge in [-0.1, -0.05) is 13.0 Å². The molecule has 3 unspecified atom stereocenters. The van der Waals surface area contributed by atoms with Crippen LogP contribution in [0, 0.1) is 0 Å². The second-order valence-corrected chi connectivity index (χ2v) is 7.66. The molecule has 1 saturated heterocycles. The number of carbonyl (C=O) groups excluding carboxylic acids is 1. The van der Waals surface area contributed by atoms with Crippen LogP contribution in [0.5, 0.6) is 5.75 Å². The minimum atomic E-state index is -0.660. The van der Waals surface area contributed by atoms with Gasteiger partial charge in [0.2, 0.25) is 0 Å². The molecule has 1 aliphatic rings. The fraction of sp³-hybridized carbons (Fsp3) is 0.476. The van der Waals surface area contributed by atoms with Crippen molar-refractivity contribution in [3.63, 3.8) is 0 Å². The summed E-state index contributed by atoms with van der Waals surface area (Å²) in [7, 11) is 3.16. The standard InChI is InChI=1S/C21H27N3O5/c1-5-13(15-10-9-11(2)29-15)22-16-17(20(27)19(16)26)23-14-8-6-7-12(18(14)25)21(28)24(3)4/h6-8,11,13,15,22-23,25H,5,9-10H2,1-4H3. The Kier molecular flexibility index (Phi) is 5.93. The lowest BCUT2D eigenvalue weighted by Gasteiger charge is -2.26. The zero-order chi connectivity index (χ0) is 21.3. The van der Waals surface area contributed by atoms with Crippen LogP contribution in [0.3, 0.4) is 0 Å². The molecule has 2 aromatic carbocycles. The van der Waals surface area contributed by atoms with Gasteiger partial charge in [-0.05, 0) is 38.3 Å². The summed E-state index contributed by atoms with van der Waals surface area (Å²) in [6.07, 6.45) is 2.73. The number of rotatable bonds is 7. The second kappa shape index (κ2) is 8.24. The van der Waals surface area contributed by atoms with Crippen LogP contribution in [0.4, 0.5) is 17.1 Å². The Labute approximate surface area is 169 Å². The van der Waals surface area contributed by atoms with Crippen molar-refractivity contribution in [3.8, 4) is 5.75 Å². The molecule has 29 heavy (non-hydrogen) atoms. The summed E-state index contributed by atoms with van der Waals surface area (Å²) in [6.45, 7) is 4.01. The smallest absolute Gasteiger partial charge is 0.257 e. The number of hydrogen-bond acceptors (Lipinski definition) is 7. The van der Waals surface area contributed by atoms with Crippen molar-refractivity contribution in [1.29, 1.82) is 0 Å². The van der Waals surface area contributed by atoms with E-state index in [9.17, 15) is 19.5 Å². The number of anilines is 3. The molecule has 0 saturated carbocycles. The van der Waals surface area contributed by atoms with Crippen LogP contribution in [0.1, 0.15) is 43.5 Å². The molecule has 156 valence electrons. The molecule has 3 N–H and O–H groups in total. The van der Waals surface area contributed by atoms with Crippen LogP contribution < -0.4 is 21.5 Å². The fourth-order valence-electron chi connectivity index (χ4n) is 3.61. The van der Waals surface area contributed by atoms with Crippen LogP contribution in [-0.2, 0) is 4.74 Å². The lowest BCUT2D eigenvalue weighted by molar-refractivity contribution is 0.0438. The summed E-state index contributed by atoms with van der Waals surface area (Å²) >= 11 is 0. The van der Waals surface area contributed by atoms with Crippen molar-refractivity contribution in [2.24, 2.45) is 0 Å². The Morgan fingerprint density at radius 1 is 1.24 bits per heavy atom. The number of aromatic hydroxyl groups is 1. The predicted molar refractivity (Wildman–Crippen MR) is 112 cm³/mol. The number of phenols is 1. The van der Waals surface area contributed by atoms with Crippen LogP contribution in [-0.4, -0.2) is 48.3 Å². The number of benzene rings is 1. The molecular weight excluding hydrogens is 374 g/mol. The Morgan fingerprint density at radius 3 is 2.52 bits per heavy atom. The number of phenolic OH excluding ortho intramolecular Hbond substituents is 1. The van der Waals surface area contributed by atoms with Gasteiger partial charge in [-0.3, -0.25) is 14.4 Å². The van der Waals surface area contributed by atoms with Crippen LogP contribution >= 0.6 is 0 Å². The summed E-state index contributed by atoms with van der Waals surface area (Å²) < 4.78 is 5.90. The first kappa shape index (κ1) is 20.9. The van der Waals surface area contributed by atoms with E-state index in [-0.39, 0.29) is 52.5 Å². The highest BCUT2D eigenvalue weighted by Crippen LogP contribution is 2.33. The molecule has 8 nitrogen and oxygen atoms in total. The summed E-state index contributed by atoms with van der Waals surface area (Å²) in [5, 5.41) is 16.5. The summed E-state index contributed by atoms with van der Waals surface area (Å²) in [4.78, 5) is 37.9. The van der Waals surface area contributed by atoms with Gasteiger partial charge in [-0.15, -0.1) is 0 Å². The first-order valence-corrected chi connectivity index (χ1v) is 9.80. The van der Waals surface area contributed by atoms with Crippen molar-refractivity contribution in [1.82, 2.24) is 4.90 Å². The maximum absolute atomic E-state index is 12.2. The molecule has 1 aliphatic heterocycles. The maximum Gasteiger partial charge on any atom is 0.257 e. The number of amides is 1. The minimum Gasteiger partial charge on any atom is -0.505 e. The average molecular weight is 401 g/mol. The molecule has 3 atom stereocenters. The van der Waals surface area contributed by atoms with Gasteiger partial charge >= 0.3 is 0 Å². The average Bonchev–Trinajstić information content (AvgIpc) is 3.13. The topological polar surface area (TPSA) is 108 Å². The van der Waals surface area contributed by atoms with Gasteiger partial charge in [0.15, 0.2) is 5.75 Å². The second-order valence-electron chi connectivity index (χ2n) is 7.66. The Hall–Kier alpha value is -2.87. The lowest BCUT2D eigenvalue weighted by Crippen LogP contribution is -2.42. The molecule has 0 bridgehead atoms. The first-order chi connectivity index (χ1) is 13.7. The van der Waals surface area contributed by atoms with E-state index in [1.807, 2.05) is 13.8 Å². The van der Waals surface area contributed by atoms with E-state index in [1.54, 1.807) is 26.2 Å². The quantitative estimate of drug-likeness (QED) is 0.482. The zero-order valence-corrected chi connectivity index (χ0v) is 17.1. The summed E-state index contributed by atoms with van der Waals surface area (Å²) in [6, 6.07) is 4.54. The molecule has 1 heterocycles. The Balaban J connectivity index is 1.84. The van der Waals surface area contributed by atoms with Gasteiger partial charge in [-0.25, -0.2) is 0 Å². The maximum atomic E-state index is 12.2. The molecule has 2 aromatic rings. The van der Waals surface area contributed by atoms with Crippen LogP contribution in [0.2, 0.25) is 0 Å². The Morgan fingerprint density at radius 2 is 1.93 bits per heavy atom. The molecule has 0 aromatic heterocycles.